The van der Waals surface area contributed by atoms with E-state index in [-0.39, 0.29) is 11.7 Å². The van der Waals surface area contributed by atoms with Gasteiger partial charge in [0, 0.05) is 12.1 Å². The van der Waals surface area contributed by atoms with E-state index in [9.17, 15) is 18.7 Å². The van der Waals surface area contributed by atoms with Gasteiger partial charge in [0.1, 0.15) is 17.4 Å². The first-order valence-corrected chi connectivity index (χ1v) is 11.2. The number of benzene rings is 3. The van der Waals surface area contributed by atoms with Crippen molar-refractivity contribution in [3.8, 4) is 5.75 Å². The average Bonchev–Trinajstić information content (AvgIpc) is 3.32. The molecular formula is C27H28F2N2O2. The molecule has 1 fully saturated rings. The summed E-state index contributed by atoms with van der Waals surface area (Å²) < 4.78 is 27.3. The molecule has 3 aromatic carbocycles. The Balaban J connectivity index is 1.72. The van der Waals surface area contributed by atoms with E-state index in [1.807, 2.05) is 12.1 Å². The van der Waals surface area contributed by atoms with Gasteiger partial charge in [-0.05, 0) is 74.3 Å². The summed E-state index contributed by atoms with van der Waals surface area (Å²) in [6, 6.07) is 18.1. The van der Waals surface area contributed by atoms with Crippen LogP contribution in [0.25, 0.3) is 0 Å². The number of nitrogens with one attached hydrogen (secondary N) is 1. The number of rotatable bonds is 7. The minimum absolute atomic E-state index is 0.118. The number of phenolic OH excluding ortho intramolecular Hbond substituents is 1. The number of carbonyl (C=O) groups is 1. The van der Waals surface area contributed by atoms with Gasteiger partial charge in [0.25, 0.3) is 0 Å². The van der Waals surface area contributed by atoms with Crippen molar-refractivity contribution in [1.82, 2.24) is 10.2 Å². The zero-order valence-electron chi connectivity index (χ0n) is 18.6. The highest BCUT2D eigenvalue weighted by Crippen LogP contribution is 2.34. The van der Waals surface area contributed by atoms with E-state index in [0.29, 0.717) is 23.2 Å². The number of likely N-dealkylation sites (tertiary alicyclic amines) is 1. The molecule has 4 rings (SSSR count). The third-order valence-electron chi connectivity index (χ3n) is 6.55. The molecule has 0 aromatic heterocycles. The molecule has 1 saturated heterocycles. The normalized spacial score (nSPS) is 15.4. The quantitative estimate of drug-likeness (QED) is 0.537. The van der Waals surface area contributed by atoms with Gasteiger partial charge in [-0.3, -0.25) is 4.79 Å². The predicted molar refractivity (Wildman–Crippen MR) is 124 cm³/mol. The average molecular weight is 451 g/mol. The first-order chi connectivity index (χ1) is 15.9. The smallest absolute Gasteiger partial charge is 0.235 e. The van der Waals surface area contributed by atoms with Crippen molar-refractivity contribution in [3.63, 3.8) is 0 Å². The van der Waals surface area contributed by atoms with E-state index in [4.69, 9.17) is 0 Å². The Morgan fingerprint density at radius 3 is 1.97 bits per heavy atom. The lowest BCUT2D eigenvalue weighted by Crippen LogP contribution is -2.47. The lowest BCUT2D eigenvalue weighted by molar-refractivity contribution is -0.125. The maximum atomic E-state index is 13.9. The van der Waals surface area contributed by atoms with Gasteiger partial charge in [-0.25, -0.2) is 8.78 Å². The number of hydrogen-bond donors (Lipinski definition) is 2. The van der Waals surface area contributed by atoms with Crippen molar-refractivity contribution >= 4 is 5.91 Å². The summed E-state index contributed by atoms with van der Waals surface area (Å²) in [5.74, 6) is -0.996. The summed E-state index contributed by atoms with van der Waals surface area (Å²) in [4.78, 5) is 16.2. The van der Waals surface area contributed by atoms with Crippen molar-refractivity contribution in [3.05, 3.63) is 101 Å². The fourth-order valence-corrected chi connectivity index (χ4v) is 4.53. The largest absolute Gasteiger partial charge is 0.508 e. The fraction of sp³-hybridized carbons (Fsp3) is 0.296. The molecule has 0 spiro atoms. The van der Waals surface area contributed by atoms with Crippen LogP contribution in [0.1, 0.15) is 42.5 Å². The Hall–Kier alpha value is -3.25. The molecule has 0 bridgehead atoms. The van der Waals surface area contributed by atoms with Crippen molar-refractivity contribution < 1.29 is 18.7 Å². The maximum absolute atomic E-state index is 13.9. The molecule has 0 radical (unpaired) electrons. The highest BCUT2D eigenvalue weighted by molar-refractivity contribution is 5.92. The van der Waals surface area contributed by atoms with E-state index in [1.165, 1.54) is 24.3 Å². The second kappa shape index (κ2) is 9.71. The van der Waals surface area contributed by atoms with Crippen LogP contribution in [0.4, 0.5) is 8.78 Å². The Labute approximate surface area is 192 Å². The van der Waals surface area contributed by atoms with Crippen LogP contribution >= 0.6 is 0 Å². The molecular weight excluding hydrogens is 422 g/mol. The third kappa shape index (κ3) is 4.91. The van der Waals surface area contributed by atoms with Gasteiger partial charge in [0.15, 0.2) is 0 Å². The van der Waals surface area contributed by atoms with Crippen LogP contribution < -0.4 is 5.32 Å². The predicted octanol–water partition coefficient (Wildman–Crippen LogP) is 4.93. The highest BCUT2D eigenvalue weighted by atomic mass is 19.1. The van der Waals surface area contributed by atoms with E-state index >= 15 is 0 Å². The van der Waals surface area contributed by atoms with Crippen molar-refractivity contribution in [2.24, 2.45) is 0 Å². The Morgan fingerprint density at radius 1 is 0.939 bits per heavy atom. The summed E-state index contributed by atoms with van der Waals surface area (Å²) in [7, 11) is 0. The molecule has 4 nitrogen and oxygen atoms in total. The van der Waals surface area contributed by atoms with Crippen LogP contribution in [0.3, 0.4) is 0 Å². The molecule has 1 aliphatic heterocycles. The van der Waals surface area contributed by atoms with Crippen LogP contribution in [0.15, 0.2) is 72.8 Å². The first kappa shape index (κ1) is 22.9. The number of nitrogens with zero attached hydrogens (tertiary/aromatic N) is 1. The SMILES string of the molecule is CC(C(=O)N[C@H](CN1CCCC1)c1ccccc1O)(c1ccc(F)cc1)c1ccc(F)cc1. The first-order valence-electron chi connectivity index (χ1n) is 11.2. The Morgan fingerprint density at radius 2 is 1.45 bits per heavy atom. The lowest BCUT2D eigenvalue weighted by atomic mass is 9.75. The van der Waals surface area contributed by atoms with Crippen LogP contribution in [0.5, 0.6) is 5.75 Å². The standard InChI is InChI=1S/C27H28F2N2O2/c1-27(19-8-12-21(28)13-9-19,20-10-14-22(29)15-11-20)26(33)30-24(18-31-16-4-5-17-31)23-6-2-3-7-25(23)32/h2-3,6-15,24,32H,4-5,16-18H2,1H3,(H,30,33)/t24-/m1/s1. The molecule has 6 heteroatoms. The number of carbonyl (C=O) groups excluding carboxylic acids is 1. The van der Waals surface area contributed by atoms with Crippen molar-refractivity contribution in [1.29, 1.82) is 0 Å². The molecule has 0 unspecified atom stereocenters. The van der Waals surface area contributed by atoms with Gasteiger partial charge in [-0.1, -0.05) is 42.5 Å². The van der Waals surface area contributed by atoms with Gasteiger partial charge >= 0.3 is 0 Å². The summed E-state index contributed by atoms with van der Waals surface area (Å²) in [6.07, 6.45) is 2.20. The van der Waals surface area contributed by atoms with Gasteiger partial charge in [-0.15, -0.1) is 0 Å². The molecule has 33 heavy (non-hydrogen) atoms. The Bertz CT molecular complexity index is 1050. The van der Waals surface area contributed by atoms with E-state index in [0.717, 1.165) is 25.9 Å². The fourth-order valence-electron chi connectivity index (χ4n) is 4.53. The number of hydrogen-bond acceptors (Lipinski definition) is 3. The number of aromatic hydroxyl groups is 1. The van der Waals surface area contributed by atoms with E-state index in [2.05, 4.69) is 10.2 Å². The van der Waals surface area contributed by atoms with Crippen LogP contribution in [-0.2, 0) is 10.2 Å². The molecule has 3 aromatic rings. The van der Waals surface area contributed by atoms with Crippen molar-refractivity contribution in [2.45, 2.75) is 31.2 Å². The summed E-state index contributed by atoms with van der Waals surface area (Å²) in [5.41, 5.74) is 0.614. The topological polar surface area (TPSA) is 52.6 Å². The van der Waals surface area contributed by atoms with Gasteiger partial charge in [-0.2, -0.15) is 0 Å². The molecule has 0 saturated carbocycles. The van der Waals surface area contributed by atoms with Crippen molar-refractivity contribution in [2.75, 3.05) is 19.6 Å². The molecule has 1 heterocycles. The van der Waals surface area contributed by atoms with Gasteiger partial charge < -0.3 is 15.3 Å². The summed E-state index contributed by atoms with van der Waals surface area (Å²) >= 11 is 0. The van der Waals surface area contributed by atoms with Crippen LogP contribution in [-0.4, -0.2) is 35.5 Å². The number of para-hydroxylation sites is 1. The summed E-state index contributed by atoms with van der Waals surface area (Å²) in [5, 5.41) is 13.7. The second-order valence-corrected chi connectivity index (χ2v) is 8.73. The summed E-state index contributed by atoms with van der Waals surface area (Å²) in [6.45, 7) is 4.19. The zero-order chi connectivity index (χ0) is 23.4. The molecule has 0 aliphatic carbocycles. The van der Waals surface area contributed by atoms with Crippen LogP contribution in [0, 0.1) is 11.6 Å². The monoisotopic (exact) mass is 450 g/mol. The third-order valence-corrected chi connectivity index (χ3v) is 6.55. The number of amides is 1. The van der Waals surface area contributed by atoms with Crippen LogP contribution in [0.2, 0.25) is 0 Å². The maximum Gasteiger partial charge on any atom is 0.235 e. The minimum atomic E-state index is -1.20. The zero-order valence-corrected chi connectivity index (χ0v) is 18.6. The Kier molecular flexibility index (Phi) is 6.75. The van der Waals surface area contributed by atoms with Gasteiger partial charge in [0.2, 0.25) is 5.91 Å². The molecule has 2 N–H and O–H groups in total. The second-order valence-electron chi connectivity index (χ2n) is 8.73. The van der Waals surface area contributed by atoms with E-state index in [1.54, 1.807) is 43.3 Å². The lowest BCUT2D eigenvalue weighted by Gasteiger charge is -2.33. The van der Waals surface area contributed by atoms with E-state index < -0.39 is 23.1 Å². The molecule has 1 atom stereocenters. The minimum Gasteiger partial charge on any atom is -0.508 e. The molecule has 1 aliphatic rings. The van der Waals surface area contributed by atoms with Gasteiger partial charge in [0.05, 0.1) is 11.5 Å². The molecule has 1 amide bonds. The molecule has 172 valence electrons. The highest BCUT2D eigenvalue weighted by Gasteiger charge is 2.39. The number of halogens is 2. The number of phenols is 1.